The van der Waals surface area contributed by atoms with Crippen LogP contribution in [-0.4, -0.2) is 44.0 Å². The molecule has 0 aliphatic rings. The Bertz CT molecular complexity index is 1290. The van der Waals surface area contributed by atoms with Crippen molar-refractivity contribution in [3.05, 3.63) is 41.7 Å². The summed E-state index contributed by atoms with van der Waals surface area (Å²) >= 11 is 0. The lowest BCUT2D eigenvalue weighted by Gasteiger charge is -2.10. The Morgan fingerprint density at radius 3 is 2.64 bits per heavy atom. The molecular weight excluding hydrogens is 378 g/mol. The minimum atomic E-state index is -3.57. The van der Waals surface area contributed by atoms with Gasteiger partial charge in [-0.1, -0.05) is 26.0 Å². The molecule has 0 bridgehead atoms. The number of nitrogens with one attached hydrogen (secondary N) is 1. The van der Waals surface area contributed by atoms with Crippen LogP contribution in [0, 0.1) is 0 Å². The monoisotopic (exact) mass is 399 g/mol. The Kier molecular flexibility index (Phi) is 4.30. The minimum absolute atomic E-state index is 0.150. The lowest BCUT2D eigenvalue weighted by Crippen LogP contribution is -2.13. The topological polar surface area (TPSA) is 107 Å². The SMILES string of the molecule is CC(C)c1cnn2c(NCc3cccc4c3cnn4C)nc(S(C)(=O)=O)nc12. The van der Waals surface area contributed by atoms with E-state index in [1.165, 1.54) is 0 Å². The van der Waals surface area contributed by atoms with E-state index in [1.54, 1.807) is 10.7 Å². The Morgan fingerprint density at radius 1 is 1.14 bits per heavy atom. The fourth-order valence-electron chi connectivity index (χ4n) is 3.13. The van der Waals surface area contributed by atoms with Gasteiger partial charge in [-0.15, -0.1) is 0 Å². The summed E-state index contributed by atoms with van der Waals surface area (Å²) in [6.45, 7) is 4.46. The van der Waals surface area contributed by atoms with E-state index in [9.17, 15) is 8.42 Å². The van der Waals surface area contributed by atoms with Crippen LogP contribution < -0.4 is 5.32 Å². The lowest BCUT2D eigenvalue weighted by molar-refractivity contribution is 0.592. The number of benzene rings is 1. The minimum Gasteiger partial charge on any atom is -0.350 e. The zero-order chi connectivity index (χ0) is 20.1. The van der Waals surface area contributed by atoms with E-state index in [-0.39, 0.29) is 11.1 Å². The summed E-state index contributed by atoms with van der Waals surface area (Å²) in [7, 11) is -1.68. The highest BCUT2D eigenvalue weighted by atomic mass is 32.2. The fraction of sp³-hybridized carbons (Fsp3) is 0.333. The first-order chi connectivity index (χ1) is 13.3. The van der Waals surface area contributed by atoms with E-state index in [4.69, 9.17) is 0 Å². The van der Waals surface area contributed by atoms with E-state index < -0.39 is 9.84 Å². The van der Waals surface area contributed by atoms with Crippen molar-refractivity contribution in [1.82, 2.24) is 29.4 Å². The highest BCUT2D eigenvalue weighted by Gasteiger charge is 2.20. The van der Waals surface area contributed by atoms with Crippen LogP contribution >= 0.6 is 0 Å². The number of hydrogen-bond acceptors (Lipinski definition) is 7. The van der Waals surface area contributed by atoms with Gasteiger partial charge in [-0.3, -0.25) is 4.68 Å². The Hall–Kier alpha value is -3.01. The summed E-state index contributed by atoms with van der Waals surface area (Å²) in [4.78, 5) is 8.46. The van der Waals surface area contributed by atoms with Crippen LogP contribution in [0.25, 0.3) is 16.6 Å². The number of anilines is 1. The molecule has 4 aromatic rings. The van der Waals surface area contributed by atoms with E-state index in [0.717, 1.165) is 28.3 Å². The third kappa shape index (κ3) is 3.09. The molecule has 9 nitrogen and oxygen atoms in total. The molecule has 0 radical (unpaired) electrons. The molecule has 0 atom stereocenters. The van der Waals surface area contributed by atoms with Crippen LogP contribution in [0.5, 0.6) is 0 Å². The largest absolute Gasteiger partial charge is 0.350 e. The van der Waals surface area contributed by atoms with Crippen LogP contribution in [0.4, 0.5) is 5.95 Å². The maximum atomic E-state index is 12.1. The molecule has 0 saturated carbocycles. The number of sulfone groups is 1. The molecular formula is C18H21N7O2S. The predicted molar refractivity (Wildman–Crippen MR) is 106 cm³/mol. The molecule has 0 spiro atoms. The number of nitrogens with zero attached hydrogens (tertiary/aromatic N) is 6. The number of fused-ring (bicyclic) bond motifs is 2. The van der Waals surface area contributed by atoms with Crippen LogP contribution in [0.3, 0.4) is 0 Å². The fourth-order valence-corrected chi connectivity index (χ4v) is 3.63. The van der Waals surface area contributed by atoms with Gasteiger partial charge in [0.25, 0.3) is 5.16 Å². The number of aryl methyl sites for hydroxylation is 1. The van der Waals surface area contributed by atoms with Crippen LogP contribution in [0.2, 0.25) is 0 Å². The highest BCUT2D eigenvalue weighted by Crippen LogP contribution is 2.23. The van der Waals surface area contributed by atoms with Crippen LogP contribution in [0.1, 0.15) is 30.9 Å². The maximum Gasteiger partial charge on any atom is 0.252 e. The molecule has 0 saturated heterocycles. The van der Waals surface area contributed by atoms with Crippen LogP contribution in [-0.2, 0) is 23.4 Å². The molecule has 3 heterocycles. The normalized spacial score (nSPS) is 12.3. The van der Waals surface area contributed by atoms with Crippen molar-refractivity contribution in [3.8, 4) is 0 Å². The molecule has 0 fully saturated rings. The molecule has 0 amide bonds. The van der Waals surface area contributed by atoms with Crippen molar-refractivity contribution in [2.45, 2.75) is 31.5 Å². The highest BCUT2D eigenvalue weighted by molar-refractivity contribution is 7.90. The van der Waals surface area contributed by atoms with Gasteiger partial charge >= 0.3 is 0 Å². The first kappa shape index (κ1) is 18.4. The molecule has 1 N–H and O–H groups in total. The van der Waals surface area contributed by atoms with Gasteiger partial charge in [-0.05, 0) is 17.5 Å². The van der Waals surface area contributed by atoms with E-state index in [2.05, 4.69) is 25.5 Å². The molecule has 0 aliphatic carbocycles. The second-order valence-corrected chi connectivity index (χ2v) is 8.97. The summed E-state index contributed by atoms with van der Waals surface area (Å²) in [5.74, 6) is 0.481. The second kappa shape index (κ2) is 6.55. The second-order valence-electron chi connectivity index (χ2n) is 7.06. The van der Waals surface area contributed by atoms with Gasteiger partial charge in [-0.25, -0.2) is 8.42 Å². The van der Waals surface area contributed by atoms with Crippen molar-refractivity contribution in [1.29, 1.82) is 0 Å². The van der Waals surface area contributed by atoms with Crippen molar-refractivity contribution in [2.75, 3.05) is 11.6 Å². The van der Waals surface area contributed by atoms with Gasteiger partial charge in [0.2, 0.25) is 15.8 Å². The van der Waals surface area contributed by atoms with Gasteiger partial charge in [0.05, 0.1) is 17.9 Å². The average molecular weight is 399 g/mol. The van der Waals surface area contributed by atoms with E-state index in [0.29, 0.717) is 18.1 Å². The summed E-state index contributed by atoms with van der Waals surface area (Å²) in [6.07, 6.45) is 4.62. The van der Waals surface area contributed by atoms with Gasteiger partial charge in [0, 0.05) is 30.8 Å². The van der Waals surface area contributed by atoms with Gasteiger partial charge in [0.1, 0.15) is 0 Å². The number of aromatic nitrogens is 6. The molecule has 146 valence electrons. The zero-order valence-corrected chi connectivity index (χ0v) is 16.9. The summed E-state index contributed by atoms with van der Waals surface area (Å²) < 4.78 is 27.5. The lowest BCUT2D eigenvalue weighted by atomic mass is 10.1. The van der Waals surface area contributed by atoms with Crippen molar-refractivity contribution in [2.24, 2.45) is 7.05 Å². The predicted octanol–water partition coefficient (Wildman–Crippen LogP) is 2.15. The zero-order valence-electron chi connectivity index (χ0n) is 16.1. The molecule has 4 rings (SSSR count). The summed E-state index contributed by atoms with van der Waals surface area (Å²) in [6, 6.07) is 5.96. The van der Waals surface area contributed by atoms with Gasteiger partial charge in [-0.2, -0.15) is 24.7 Å². The third-order valence-corrected chi connectivity index (χ3v) is 5.49. The van der Waals surface area contributed by atoms with Gasteiger partial charge < -0.3 is 5.32 Å². The first-order valence-corrected chi connectivity index (χ1v) is 10.7. The smallest absolute Gasteiger partial charge is 0.252 e. The summed E-state index contributed by atoms with van der Waals surface area (Å²) in [5.41, 5.74) is 3.40. The van der Waals surface area contributed by atoms with E-state index >= 15 is 0 Å². The standard InChI is InChI=1S/C18H21N7O2S/c1-11(2)13-9-21-25-16(13)22-18(28(4,26)27)23-17(25)19-8-12-6-5-7-15-14(12)10-20-24(15)3/h5-7,9-11H,8H2,1-4H3,(H,19,22,23). The molecule has 10 heteroatoms. The summed E-state index contributed by atoms with van der Waals surface area (Å²) in [5, 5.41) is 12.7. The Morgan fingerprint density at radius 2 is 1.93 bits per heavy atom. The van der Waals surface area contributed by atoms with Crippen molar-refractivity contribution in [3.63, 3.8) is 0 Å². The van der Waals surface area contributed by atoms with E-state index in [1.807, 2.05) is 50.0 Å². The molecule has 3 aromatic heterocycles. The van der Waals surface area contributed by atoms with Crippen LogP contribution in [0.15, 0.2) is 35.7 Å². The Balaban J connectivity index is 1.79. The average Bonchev–Trinajstić information content (AvgIpc) is 3.23. The first-order valence-electron chi connectivity index (χ1n) is 8.85. The van der Waals surface area contributed by atoms with Crippen molar-refractivity contribution < 1.29 is 8.42 Å². The maximum absolute atomic E-state index is 12.1. The molecule has 28 heavy (non-hydrogen) atoms. The quantitative estimate of drug-likeness (QED) is 0.548. The van der Waals surface area contributed by atoms with Gasteiger partial charge in [0.15, 0.2) is 5.65 Å². The third-order valence-electron chi connectivity index (χ3n) is 4.65. The Labute approximate surface area is 162 Å². The number of hydrogen-bond donors (Lipinski definition) is 1. The molecule has 0 aliphatic heterocycles. The van der Waals surface area contributed by atoms with Crippen molar-refractivity contribution >= 4 is 32.3 Å². The molecule has 1 aromatic carbocycles. The number of rotatable bonds is 5. The molecule has 0 unspecified atom stereocenters.